The van der Waals surface area contributed by atoms with Crippen LogP contribution in [0.4, 0.5) is 8.78 Å². The van der Waals surface area contributed by atoms with E-state index < -0.39 is 41.6 Å². The number of aryl methyl sites for hydroxylation is 1. The van der Waals surface area contributed by atoms with Gasteiger partial charge in [0, 0.05) is 4.88 Å². The number of ether oxygens (including phenoxy) is 1. The second-order valence-electron chi connectivity index (χ2n) is 5.47. The number of hydrogen-bond acceptors (Lipinski definition) is 6. The van der Waals surface area contributed by atoms with Gasteiger partial charge in [0.05, 0.1) is 11.5 Å². The Bertz CT molecular complexity index is 1000. The summed E-state index contributed by atoms with van der Waals surface area (Å²) < 4.78 is 39.1. The molecule has 3 aromatic rings. The van der Waals surface area contributed by atoms with Crippen molar-refractivity contribution in [2.45, 2.75) is 13.0 Å². The first-order chi connectivity index (χ1) is 12.8. The van der Waals surface area contributed by atoms with Crippen molar-refractivity contribution in [3.8, 4) is 16.3 Å². The largest absolute Gasteiger partial charge is 0.475 e. The molecule has 142 valence electrons. The third kappa shape index (κ3) is 3.87. The number of carbonyl (C=O) groups excluding carboxylic acids is 1. The zero-order valence-electron chi connectivity index (χ0n) is 13.8. The Balaban J connectivity index is 1.93. The summed E-state index contributed by atoms with van der Waals surface area (Å²) in [7, 11) is 0. The molecule has 0 bridgehead atoms. The monoisotopic (exact) mass is 458 g/mol. The highest BCUT2D eigenvalue weighted by Crippen LogP contribution is 2.36. The van der Waals surface area contributed by atoms with E-state index in [0.29, 0.717) is 10.4 Å². The molecule has 0 spiro atoms. The van der Waals surface area contributed by atoms with Crippen molar-refractivity contribution < 1.29 is 27.8 Å². The van der Waals surface area contributed by atoms with E-state index in [9.17, 15) is 18.7 Å². The van der Waals surface area contributed by atoms with Crippen LogP contribution in [-0.2, 0) is 0 Å². The average Bonchev–Trinajstić information content (AvgIpc) is 3.19. The summed E-state index contributed by atoms with van der Waals surface area (Å²) in [5.41, 5.74) is 4.57. The number of thiophene rings is 1. The zero-order valence-corrected chi connectivity index (χ0v) is 16.2. The van der Waals surface area contributed by atoms with Gasteiger partial charge in [-0.3, -0.25) is 4.79 Å². The van der Waals surface area contributed by atoms with Crippen molar-refractivity contribution in [1.29, 1.82) is 0 Å². The highest BCUT2D eigenvalue weighted by molar-refractivity contribution is 9.10. The Morgan fingerprint density at radius 1 is 1.41 bits per heavy atom. The van der Waals surface area contributed by atoms with Gasteiger partial charge in [0.25, 0.3) is 5.91 Å². The highest BCUT2D eigenvalue weighted by Gasteiger charge is 2.26. The number of oxazole rings is 1. The molecule has 0 aliphatic carbocycles. The molecule has 3 rings (SSSR count). The molecule has 27 heavy (non-hydrogen) atoms. The summed E-state index contributed by atoms with van der Waals surface area (Å²) in [4.78, 5) is 17.4. The molecule has 1 atom stereocenters. The second kappa shape index (κ2) is 7.75. The Morgan fingerprint density at radius 2 is 2.15 bits per heavy atom. The van der Waals surface area contributed by atoms with E-state index in [2.05, 4.69) is 20.9 Å². The normalized spacial score (nSPS) is 12.2. The van der Waals surface area contributed by atoms with Crippen LogP contribution < -0.4 is 10.5 Å². The maximum Gasteiger partial charge on any atom is 0.254 e. The molecular formula is C17H13BrF2N2O4S. The number of primary amides is 1. The van der Waals surface area contributed by atoms with Gasteiger partial charge in [-0.15, -0.1) is 11.3 Å². The molecule has 0 saturated heterocycles. The fourth-order valence-corrected chi connectivity index (χ4v) is 3.79. The number of amides is 1. The van der Waals surface area contributed by atoms with Gasteiger partial charge < -0.3 is 20.0 Å². The first-order valence-corrected chi connectivity index (χ1v) is 9.21. The molecule has 6 nitrogen and oxygen atoms in total. The number of halogens is 3. The number of aliphatic hydroxyl groups excluding tert-OH is 1. The van der Waals surface area contributed by atoms with Crippen molar-refractivity contribution in [1.82, 2.24) is 4.98 Å². The molecule has 3 N–H and O–H groups in total. The molecule has 2 heterocycles. The fourth-order valence-electron chi connectivity index (χ4n) is 2.34. The van der Waals surface area contributed by atoms with Crippen molar-refractivity contribution >= 4 is 33.2 Å². The molecule has 0 aliphatic rings. The molecule has 1 aromatic carbocycles. The number of rotatable bonds is 6. The van der Waals surface area contributed by atoms with E-state index in [1.54, 1.807) is 0 Å². The highest BCUT2D eigenvalue weighted by atomic mass is 79.9. The van der Waals surface area contributed by atoms with Crippen LogP contribution in [-0.4, -0.2) is 22.6 Å². The second-order valence-corrected chi connectivity index (χ2v) is 7.48. The lowest BCUT2D eigenvalue weighted by molar-refractivity contribution is 0.0880. The molecule has 0 fully saturated rings. The lowest BCUT2D eigenvalue weighted by Gasteiger charge is -2.15. The van der Waals surface area contributed by atoms with E-state index in [1.165, 1.54) is 11.3 Å². The van der Waals surface area contributed by atoms with Crippen LogP contribution in [0.15, 0.2) is 33.4 Å². The van der Waals surface area contributed by atoms with Crippen molar-refractivity contribution in [2.24, 2.45) is 5.73 Å². The summed E-state index contributed by atoms with van der Waals surface area (Å²) in [6, 6.07) is 5.61. The summed E-state index contributed by atoms with van der Waals surface area (Å²) in [6.45, 7) is 1.34. The molecule has 1 amide bonds. The van der Waals surface area contributed by atoms with E-state index >= 15 is 0 Å². The summed E-state index contributed by atoms with van der Waals surface area (Å²) in [5.74, 6) is -4.13. The lowest BCUT2D eigenvalue weighted by Crippen LogP contribution is -2.18. The smallest absolute Gasteiger partial charge is 0.254 e. The van der Waals surface area contributed by atoms with Gasteiger partial charge >= 0.3 is 0 Å². The van der Waals surface area contributed by atoms with Crippen LogP contribution >= 0.6 is 27.3 Å². The van der Waals surface area contributed by atoms with Gasteiger partial charge in [-0.05, 0) is 47.1 Å². The van der Waals surface area contributed by atoms with Gasteiger partial charge in [-0.25, -0.2) is 13.8 Å². The van der Waals surface area contributed by atoms with Gasteiger partial charge in [0.15, 0.2) is 22.3 Å². The van der Waals surface area contributed by atoms with Crippen molar-refractivity contribution in [3.63, 3.8) is 0 Å². The molecule has 0 radical (unpaired) electrons. The van der Waals surface area contributed by atoms with E-state index in [0.717, 1.165) is 21.9 Å². The van der Waals surface area contributed by atoms with Crippen LogP contribution in [0, 0.1) is 18.6 Å². The topological polar surface area (TPSA) is 98.6 Å². The standard InChI is InChI=1S/C17H13BrF2N2O4S/c1-7-2-5-11(27-7)14-15(18)26-17(22-14)10(6-23)25-9-4-3-8(19)12(13(9)20)16(21)24/h2-5,10,23H,6H2,1H3,(H2,21,24). The quantitative estimate of drug-likeness (QED) is 0.582. The third-order valence-corrected chi connectivity index (χ3v) is 5.13. The number of aromatic nitrogens is 1. The van der Waals surface area contributed by atoms with E-state index in [-0.39, 0.29) is 5.89 Å². The van der Waals surface area contributed by atoms with Crippen molar-refractivity contribution in [3.05, 3.63) is 56.9 Å². The van der Waals surface area contributed by atoms with Crippen LogP contribution in [0.25, 0.3) is 10.6 Å². The van der Waals surface area contributed by atoms with Crippen LogP contribution in [0.3, 0.4) is 0 Å². The first kappa shape index (κ1) is 19.5. The lowest BCUT2D eigenvalue weighted by atomic mass is 10.1. The summed E-state index contributed by atoms with van der Waals surface area (Å²) in [6.07, 6.45) is -1.18. The minimum Gasteiger partial charge on any atom is -0.475 e. The molecule has 10 heteroatoms. The third-order valence-electron chi connectivity index (χ3n) is 3.59. The number of benzene rings is 1. The maximum atomic E-state index is 14.3. The number of hydrogen-bond donors (Lipinski definition) is 2. The fraction of sp³-hybridized carbons (Fsp3) is 0.176. The number of nitrogens with two attached hydrogens (primary N) is 1. The van der Waals surface area contributed by atoms with Crippen LogP contribution in [0.1, 0.15) is 27.2 Å². The maximum absolute atomic E-state index is 14.3. The molecule has 0 aliphatic heterocycles. The number of nitrogens with zero attached hydrogens (tertiary/aromatic N) is 1. The Kier molecular flexibility index (Phi) is 5.59. The summed E-state index contributed by atoms with van der Waals surface area (Å²) in [5, 5.41) is 9.61. The predicted octanol–water partition coefficient (Wildman–Crippen LogP) is 3.96. The molecule has 2 aromatic heterocycles. The average molecular weight is 459 g/mol. The van der Waals surface area contributed by atoms with Crippen molar-refractivity contribution in [2.75, 3.05) is 6.61 Å². The minimum absolute atomic E-state index is 0.0187. The Morgan fingerprint density at radius 3 is 2.74 bits per heavy atom. The van der Waals surface area contributed by atoms with Crippen LogP contribution in [0.2, 0.25) is 0 Å². The van der Waals surface area contributed by atoms with Crippen LogP contribution in [0.5, 0.6) is 5.75 Å². The van der Waals surface area contributed by atoms with Gasteiger partial charge in [0.1, 0.15) is 17.1 Å². The Labute approximate surface area is 164 Å². The van der Waals surface area contributed by atoms with Gasteiger partial charge in [-0.2, -0.15) is 0 Å². The zero-order chi connectivity index (χ0) is 19.7. The SMILES string of the molecule is Cc1ccc(-c2nc(C(CO)Oc3ccc(F)c(C(N)=O)c3F)oc2Br)s1. The Hall–Kier alpha value is -2.30. The predicted molar refractivity (Wildman–Crippen MR) is 97.6 cm³/mol. The number of aliphatic hydroxyl groups is 1. The number of carbonyl (C=O) groups is 1. The van der Waals surface area contributed by atoms with E-state index in [4.69, 9.17) is 14.9 Å². The minimum atomic E-state index is -1.27. The molecule has 0 saturated carbocycles. The van der Waals surface area contributed by atoms with Gasteiger partial charge in [0.2, 0.25) is 5.89 Å². The van der Waals surface area contributed by atoms with Gasteiger partial charge in [-0.1, -0.05) is 0 Å². The molecular weight excluding hydrogens is 446 g/mol. The molecule has 1 unspecified atom stereocenters. The van der Waals surface area contributed by atoms with E-state index in [1.807, 2.05) is 19.1 Å². The summed E-state index contributed by atoms with van der Waals surface area (Å²) >= 11 is 4.75. The first-order valence-electron chi connectivity index (χ1n) is 7.60.